The molecule has 1 fully saturated rings. The lowest BCUT2D eigenvalue weighted by atomic mass is 10.4. The summed E-state index contributed by atoms with van der Waals surface area (Å²) in [7, 11) is -3.96. The van der Waals surface area contributed by atoms with Gasteiger partial charge >= 0.3 is 0 Å². The molecule has 0 saturated heterocycles. The molecular formula is C5H8O4S. The summed E-state index contributed by atoms with van der Waals surface area (Å²) in [5, 5.41) is -0.833. The number of hydrogen-bond acceptors (Lipinski definition) is 3. The SMILES string of the molecule is O=C1CCC(S(=O)(=O)O)C1. The third-order valence-corrected chi connectivity index (χ3v) is 2.87. The molecule has 0 aromatic heterocycles. The van der Waals surface area contributed by atoms with Crippen LogP contribution in [0.5, 0.6) is 0 Å². The lowest BCUT2D eigenvalue weighted by Gasteiger charge is -2.00. The molecule has 0 amide bonds. The monoisotopic (exact) mass is 164 g/mol. The molecule has 0 spiro atoms. The molecule has 0 heterocycles. The molecular weight excluding hydrogens is 156 g/mol. The van der Waals surface area contributed by atoms with E-state index >= 15 is 0 Å². The molecule has 58 valence electrons. The molecule has 10 heavy (non-hydrogen) atoms. The first kappa shape index (κ1) is 7.68. The van der Waals surface area contributed by atoms with Crippen LogP contribution in [0.4, 0.5) is 0 Å². The van der Waals surface area contributed by atoms with E-state index < -0.39 is 15.4 Å². The van der Waals surface area contributed by atoms with E-state index in [1.807, 2.05) is 0 Å². The van der Waals surface area contributed by atoms with Crippen molar-refractivity contribution in [1.82, 2.24) is 0 Å². The zero-order chi connectivity index (χ0) is 7.78. The second-order valence-electron chi connectivity index (χ2n) is 2.42. The number of Topliss-reactive ketones (excluding diaryl/α,β-unsaturated/α-hetero) is 1. The summed E-state index contributed by atoms with van der Waals surface area (Å²) in [6.07, 6.45) is 0.543. The Balaban J connectivity index is 2.71. The number of rotatable bonds is 1. The van der Waals surface area contributed by atoms with Crippen molar-refractivity contribution in [2.75, 3.05) is 0 Å². The van der Waals surface area contributed by atoms with Crippen LogP contribution in [0.25, 0.3) is 0 Å². The third kappa shape index (κ3) is 1.54. The summed E-state index contributed by atoms with van der Waals surface area (Å²) in [5.74, 6) is -0.0809. The second-order valence-corrected chi connectivity index (χ2v) is 4.12. The Hall–Kier alpha value is -0.420. The van der Waals surface area contributed by atoms with Crippen LogP contribution in [0.3, 0.4) is 0 Å². The largest absolute Gasteiger partial charge is 0.300 e. The predicted octanol–water partition coefficient (Wildman–Crippen LogP) is -0.00420. The van der Waals surface area contributed by atoms with Crippen molar-refractivity contribution in [3.8, 4) is 0 Å². The molecule has 1 rings (SSSR count). The van der Waals surface area contributed by atoms with Crippen LogP contribution in [-0.2, 0) is 14.9 Å². The average Bonchev–Trinajstić information content (AvgIpc) is 2.11. The minimum atomic E-state index is -3.96. The summed E-state index contributed by atoms with van der Waals surface area (Å²) in [6, 6.07) is 0. The van der Waals surface area contributed by atoms with Crippen LogP contribution in [0.2, 0.25) is 0 Å². The highest BCUT2D eigenvalue weighted by Crippen LogP contribution is 2.20. The van der Waals surface area contributed by atoms with E-state index in [4.69, 9.17) is 4.55 Å². The second kappa shape index (κ2) is 2.32. The Morgan fingerprint density at radius 1 is 1.50 bits per heavy atom. The summed E-state index contributed by atoms with van der Waals surface area (Å²) in [6.45, 7) is 0. The van der Waals surface area contributed by atoms with Crippen molar-refractivity contribution in [3.05, 3.63) is 0 Å². The van der Waals surface area contributed by atoms with Gasteiger partial charge in [0.15, 0.2) is 0 Å². The summed E-state index contributed by atoms with van der Waals surface area (Å²) < 4.78 is 29.2. The molecule has 4 nitrogen and oxygen atoms in total. The molecule has 1 saturated carbocycles. The summed E-state index contributed by atoms with van der Waals surface area (Å²) in [4.78, 5) is 10.5. The Kier molecular flexibility index (Phi) is 1.78. The van der Waals surface area contributed by atoms with E-state index in [0.717, 1.165) is 0 Å². The smallest absolute Gasteiger partial charge is 0.268 e. The molecule has 0 aromatic carbocycles. The molecule has 1 aliphatic rings. The van der Waals surface area contributed by atoms with Crippen LogP contribution in [-0.4, -0.2) is 24.0 Å². The fraction of sp³-hybridized carbons (Fsp3) is 0.800. The average molecular weight is 164 g/mol. The Morgan fingerprint density at radius 2 is 2.10 bits per heavy atom. The van der Waals surface area contributed by atoms with Gasteiger partial charge in [-0.25, -0.2) is 0 Å². The van der Waals surface area contributed by atoms with Gasteiger partial charge in [0.2, 0.25) is 0 Å². The van der Waals surface area contributed by atoms with Crippen molar-refractivity contribution in [2.45, 2.75) is 24.5 Å². The fourth-order valence-electron chi connectivity index (χ4n) is 1.03. The van der Waals surface area contributed by atoms with Gasteiger partial charge in [-0.2, -0.15) is 8.42 Å². The highest BCUT2D eigenvalue weighted by molar-refractivity contribution is 7.86. The van der Waals surface area contributed by atoms with Gasteiger partial charge in [0.1, 0.15) is 5.78 Å². The van der Waals surface area contributed by atoms with E-state index in [9.17, 15) is 13.2 Å². The van der Waals surface area contributed by atoms with Gasteiger partial charge in [-0.05, 0) is 6.42 Å². The topological polar surface area (TPSA) is 71.4 Å². The van der Waals surface area contributed by atoms with Gasteiger partial charge in [0.05, 0.1) is 5.25 Å². The molecule has 1 aliphatic carbocycles. The van der Waals surface area contributed by atoms with Crippen LogP contribution in [0.1, 0.15) is 19.3 Å². The maximum atomic E-state index is 10.5. The first-order chi connectivity index (χ1) is 4.50. The van der Waals surface area contributed by atoms with Crippen molar-refractivity contribution >= 4 is 15.9 Å². The summed E-state index contributed by atoms with van der Waals surface area (Å²) in [5.41, 5.74) is 0. The van der Waals surface area contributed by atoms with Gasteiger partial charge in [-0.3, -0.25) is 9.35 Å². The Morgan fingerprint density at radius 3 is 2.30 bits per heavy atom. The van der Waals surface area contributed by atoms with Crippen LogP contribution in [0.15, 0.2) is 0 Å². The van der Waals surface area contributed by atoms with Crippen molar-refractivity contribution in [2.24, 2.45) is 0 Å². The predicted molar refractivity (Wildman–Crippen MR) is 34.2 cm³/mol. The maximum absolute atomic E-state index is 10.5. The molecule has 0 bridgehead atoms. The molecule has 0 aliphatic heterocycles. The number of carbonyl (C=O) groups is 1. The molecule has 0 radical (unpaired) electrons. The minimum Gasteiger partial charge on any atom is -0.300 e. The van der Waals surface area contributed by atoms with Gasteiger partial charge in [0.25, 0.3) is 10.1 Å². The zero-order valence-electron chi connectivity index (χ0n) is 5.28. The van der Waals surface area contributed by atoms with Gasteiger partial charge in [0, 0.05) is 12.8 Å². The first-order valence-corrected chi connectivity index (χ1v) is 4.48. The van der Waals surface area contributed by atoms with E-state index in [0.29, 0.717) is 0 Å². The lowest BCUT2D eigenvalue weighted by Crippen LogP contribution is -2.16. The normalized spacial score (nSPS) is 27.3. The van der Waals surface area contributed by atoms with E-state index in [1.165, 1.54) is 0 Å². The number of ketones is 1. The maximum Gasteiger partial charge on any atom is 0.268 e. The zero-order valence-corrected chi connectivity index (χ0v) is 6.10. The first-order valence-electron chi connectivity index (χ1n) is 2.98. The van der Waals surface area contributed by atoms with Crippen LogP contribution in [0, 0.1) is 0 Å². The highest BCUT2D eigenvalue weighted by Gasteiger charge is 2.31. The van der Waals surface area contributed by atoms with Gasteiger partial charge in [-0.15, -0.1) is 0 Å². The quantitative estimate of drug-likeness (QED) is 0.553. The standard InChI is InChI=1S/C5H8O4S/c6-4-1-2-5(3-4)10(7,8)9/h5H,1-3H2,(H,7,8,9). The highest BCUT2D eigenvalue weighted by atomic mass is 32.2. The molecule has 1 unspecified atom stereocenters. The van der Waals surface area contributed by atoms with Crippen molar-refractivity contribution in [3.63, 3.8) is 0 Å². The van der Waals surface area contributed by atoms with E-state index in [2.05, 4.69) is 0 Å². The van der Waals surface area contributed by atoms with E-state index in [-0.39, 0.29) is 25.0 Å². The number of carbonyl (C=O) groups excluding carboxylic acids is 1. The van der Waals surface area contributed by atoms with Crippen molar-refractivity contribution in [1.29, 1.82) is 0 Å². The lowest BCUT2D eigenvalue weighted by molar-refractivity contribution is -0.117. The molecule has 5 heteroatoms. The summed E-state index contributed by atoms with van der Waals surface area (Å²) >= 11 is 0. The molecule has 0 aromatic rings. The molecule has 1 atom stereocenters. The molecule has 1 N–H and O–H groups in total. The Labute approximate surface area is 59.0 Å². The Bertz CT molecular complexity index is 240. The number of hydrogen-bond donors (Lipinski definition) is 1. The van der Waals surface area contributed by atoms with Gasteiger partial charge < -0.3 is 0 Å². The minimum absolute atomic E-state index is 0.0150. The fourth-order valence-corrected chi connectivity index (χ4v) is 1.85. The third-order valence-electron chi connectivity index (χ3n) is 1.62. The van der Waals surface area contributed by atoms with E-state index in [1.54, 1.807) is 0 Å². The van der Waals surface area contributed by atoms with Gasteiger partial charge in [-0.1, -0.05) is 0 Å². The van der Waals surface area contributed by atoms with Crippen LogP contribution >= 0.6 is 0 Å². The van der Waals surface area contributed by atoms with Crippen molar-refractivity contribution < 1.29 is 17.8 Å². The van der Waals surface area contributed by atoms with Crippen LogP contribution < -0.4 is 0 Å².